The van der Waals surface area contributed by atoms with Crippen LogP contribution in [0.15, 0.2) is 47.7 Å². The molecule has 1 amide bonds. The van der Waals surface area contributed by atoms with Crippen molar-refractivity contribution < 1.29 is 4.79 Å². The number of carbonyl (C=O) groups is 1. The zero-order chi connectivity index (χ0) is 12.3. The maximum absolute atomic E-state index is 11.8. The van der Waals surface area contributed by atoms with Crippen LogP contribution in [0.5, 0.6) is 0 Å². The molecule has 0 unspecified atom stereocenters. The molecule has 0 saturated carbocycles. The summed E-state index contributed by atoms with van der Waals surface area (Å²) in [5.74, 6) is -0.253. The molecule has 2 aromatic heterocycles. The van der Waals surface area contributed by atoms with E-state index in [1.807, 2.05) is 0 Å². The average Bonchev–Trinajstić information content (AvgIpc) is 2.35. The monoisotopic (exact) mass is 229 g/mol. The highest BCUT2D eigenvalue weighted by Crippen LogP contribution is 2.05. The molecule has 1 N–H and O–H groups in total. The lowest BCUT2D eigenvalue weighted by Crippen LogP contribution is -2.18. The van der Waals surface area contributed by atoms with Gasteiger partial charge in [0.25, 0.3) is 5.91 Å². The molecule has 2 aromatic rings. The van der Waals surface area contributed by atoms with Gasteiger partial charge in [-0.05, 0) is 18.2 Å². The molecule has 5 heteroatoms. The molecule has 17 heavy (non-hydrogen) atoms. The third kappa shape index (κ3) is 2.57. The predicted octanol–water partition coefficient (Wildman–Crippen LogP) is 1.03. The minimum atomic E-state index is -0.253. The van der Waals surface area contributed by atoms with E-state index in [2.05, 4.69) is 10.3 Å². The zero-order valence-corrected chi connectivity index (χ0v) is 9.25. The first kappa shape index (κ1) is 11.1. The van der Waals surface area contributed by atoms with Gasteiger partial charge in [-0.1, -0.05) is 0 Å². The summed E-state index contributed by atoms with van der Waals surface area (Å²) in [4.78, 5) is 26.8. The maximum atomic E-state index is 11.8. The largest absolute Gasteiger partial charge is 0.321 e. The van der Waals surface area contributed by atoms with Crippen molar-refractivity contribution in [1.29, 1.82) is 0 Å². The fourth-order valence-corrected chi connectivity index (χ4v) is 1.37. The Hall–Kier alpha value is -2.43. The minimum absolute atomic E-state index is 0.121. The molecular weight excluding hydrogens is 218 g/mol. The summed E-state index contributed by atoms with van der Waals surface area (Å²) in [6.45, 7) is 0. The molecule has 0 aromatic carbocycles. The fourth-order valence-electron chi connectivity index (χ4n) is 1.37. The van der Waals surface area contributed by atoms with Crippen LogP contribution in [0.4, 0.5) is 5.69 Å². The molecule has 5 nitrogen and oxygen atoms in total. The van der Waals surface area contributed by atoms with Gasteiger partial charge in [0.15, 0.2) is 0 Å². The van der Waals surface area contributed by atoms with Crippen LogP contribution in [0, 0.1) is 0 Å². The second-order valence-corrected chi connectivity index (χ2v) is 3.56. The maximum Gasteiger partial charge on any atom is 0.257 e. The van der Waals surface area contributed by atoms with Crippen LogP contribution in [0.25, 0.3) is 0 Å². The van der Waals surface area contributed by atoms with Crippen LogP contribution in [0.3, 0.4) is 0 Å². The van der Waals surface area contributed by atoms with Crippen molar-refractivity contribution in [2.45, 2.75) is 0 Å². The molecule has 0 spiro atoms. The van der Waals surface area contributed by atoms with E-state index in [1.54, 1.807) is 37.6 Å². The van der Waals surface area contributed by atoms with Gasteiger partial charge in [-0.15, -0.1) is 0 Å². The molecule has 86 valence electrons. The number of rotatable bonds is 2. The van der Waals surface area contributed by atoms with Crippen molar-refractivity contribution >= 4 is 11.6 Å². The molecule has 0 radical (unpaired) electrons. The van der Waals surface area contributed by atoms with Crippen LogP contribution in [-0.4, -0.2) is 15.5 Å². The number of nitrogens with zero attached hydrogens (tertiary/aromatic N) is 2. The van der Waals surface area contributed by atoms with Gasteiger partial charge in [-0.2, -0.15) is 0 Å². The Morgan fingerprint density at radius 3 is 2.82 bits per heavy atom. The highest BCUT2D eigenvalue weighted by atomic mass is 16.1. The lowest BCUT2D eigenvalue weighted by atomic mass is 10.2. The molecule has 0 aliphatic rings. The Morgan fingerprint density at radius 1 is 1.35 bits per heavy atom. The SMILES string of the molecule is Cn1cc(NC(=O)c2cccnc2)ccc1=O. The van der Waals surface area contributed by atoms with E-state index in [1.165, 1.54) is 16.8 Å². The van der Waals surface area contributed by atoms with Gasteiger partial charge in [0.05, 0.1) is 11.3 Å². The highest BCUT2D eigenvalue weighted by Gasteiger charge is 2.05. The van der Waals surface area contributed by atoms with E-state index in [9.17, 15) is 9.59 Å². The summed E-state index contributed by atoms with van der Waals surface area (Å²) in [6, 6.07) is 6.33. The quantitative estimate of drug-likeness (QED) is 0.836. The number of nitrogens with one attached hydrogen (secondary N) is 1. The number of amides is 1. The van der Waals surface area contributed by atoms with Gasteiger partial charge in [-0.25, -0.2) is 0 Å². The first-order chi connectivity index (χ1) is 8.16. The molecule has 0 fully saturated rings. The zero-order valence-electron chi connectivity index (χ0n) is 9.25. The Bertz CT molecular complexity index is 590. The lowest BCUT2D eigenvalue weighted by molar-refractivity contribution is 0.102. The van der Waals surface area contributed by atoms with Gasteiger partial charge in [-0.3, -0.25) is 14.6 Å². The van der Waals surface area contributed by atoms with Crippen LogP contribution >= 0.6 is 0 Å². The molecular formula is C12H11N3O2. The molecule has 2 heterocycles. The molecule has 0 atom stereocenters. The first-order valence-corrected chi connectivity index (χ1v) is 5.05. The predicted molar refractivity (Wildman–Crippen MR) is 63.9 cm³/mol. The summed E-state index contributed by atoms with van der Waals surface area (Å²) in [6.07, 6.45) is 4.65. The summed E-state index contributed by atoms with van der Waals surface area (Å²) in [5, 5.41) is 2.69. The summed E-state index contributed by atoms with van der Waals surface area (Å²) in [7, 11) is 1.63. The third-order valence-corrected chi connectivity index (χ3v) is 2.27. The van der Waals surface area contributed by atoms with Crippen molar-refractivity contribution in [2.75, 3.05) is 5.32 Å². The van der Waals surface area contributed by atoms with Crippen molar-refractivity contribution in [3.8, 4) is 0 Å². The van der Waals surface area contributed by atoms with Gasteiger partial charge >= 0.3 is 0 Å². The normalized spacial score (nSPS) is 9.94. The Morgan fingerprint density at radius 2 is 2.18 bits per heavy atom. The first-order valence-electron chi connectivity index (χ1n) is 5.05. The molecule has 0 aliphatic heterocycles. The number of hydrogen-bond acceptors (Lipinski definition) is 3. The molecule has 2 rings (SSSR count). The number of pyridine rings is 2. The molecule has 0 saturated heterocycles. The summed E-state index contributed by atoms with van der Waals surface area (Å²) < 4.78 is 1.40. The Labute approximate surface area is 97.7 Å². The number of hydrogen-bond donors (Lipinski definition) is 1. The Kier molecular flexibility index (Phi) is 3.00. The minimum Gasteiger partial charge on any atom is -0.321 e. The number of aryl methyl sites for hydroxylation is 1. The van der Waals surface area contributed by atoms with E-state index < -0.39 is 0 Å². The number of aromatic nitrogens is 2. The van der Waals surface area contributed by atoms with Gasteiger partial charge < -0.3 is 9.88 Å². The fraction of sp³-hybridized carbons (Fsp3) is 0.0833. The second kappa shape index (κ2) is 4.61. The molecule has 0 aliphatic carbocycles. The smallest absolute Gasteiger partial charge is 0.257 e. The van der Waals surface area contributed by atoms with E-state index in [0.717, 1.165) is 0 Å². The summed E-state index contributed by atoms with van der Waals surface area (Å²) in [5.41, 5.74) is 0.923. The van der Waals surface area contributed by atoms with Gasteiger partial charge in [0.1, 0.15) is 0 Å². The average molecular weight is 229 g/mol. The van der Waals surface area contributed by atoms with E-state index in [4.69, 9.17) is 0 Å². The van der Waals surface area contributed by atoms with Crippen molar-refractivity contribution in [3.63, 3.8) is 0 Å². The third-order valence-electron chi connectivity index (χ3n) is 2.27. The Balaban J connectivity index is 2.19. The van der Waals surface area contributed by atoms with Crippen LogP contribution in [0.1, 0.15) is 10.4 Å². The number of anilines is 1. The van der Waals surface area contributed by atoms with Crippen LogP contribution in [-0.2, 0) is 7.05 Å². The van der Waals surface area contributed by atoms with Gasteiger partial charge in [0, 0.05) is 31.7 Å². The topological polar surface area (TPSA) is 64.0 Å². The second-order valence-electron chi connectivity index (χ2n) is 3.56. The van der Waals surface area contributed by atoms with Crippen molar-refractivity contribution in [1.82, 2.24) is 9.55 Å². The lowest BCUT2D eigenvalue weighted by Gasteiger charge is -2.05. The summed E-state index contributed by atoms with van der Waals surface area (Å²) >= 11 is 0. The van der Waals surface area contributed by atoms with Crippen LogP contribution < -0.4 is 10.9 Å². The van der Waals surface area contributed by atoms with Crippen molar-refractivity contribution in [3.05, 3.63) is 58.8 Å². The van der Waals surface area contributed by atoms with E-state index in [0.29, 0.717) is 11.3 Å². The highest BCUT2D eigenvalue weighted by molar-refractivity contribution is 6.03. The van der Waals surface area contributed by atoms with Crippen molar-refractivity contribution in [2.24, 2.45) is 7.05 Å². The molecule has 0 bridgehead atoms. The van der Waals surface area contributed by atoms with E-state index in [-0.39, 0.29) is 11.5 Å². The standard InChI is InChI=1S/C12H11N3O2/c1-15-8-10(4-5-11(15)16)14-12(17)9-3-2-6-13-7-9/h2-8H,1H3,(H,14,17). The number of carbonyl (C=O) groups excluding carboxylic acids is 1. The van der Waals surface area contributed by atoms with Gasteiger partial charge in [0.2, 0.25) is 5.56 Å². The van der Waals surface area contributed by atoms with Crippen LogP contribution in [0.2, 0.25) is 0 Å². The van der Waals surface area contributed by atoms with E-state index >= 15 is 0 Å².